The molecule has 1 nitrogen and oxygen atoms in total. The van der Waals surface area contributed by atoms with Gasteiger partial charge in [-0.1, -0.05) is 12.5 Å². The third-order valence-corrected chi connectivity index (χ3v) is 3.62. The van der Waals surface area contributed by atoms with Crippen LogP contribution in [0.1, 0.15) is 30.2 Å². The fraction of sp³-hybridized carbons (Fsp3) is 0.600. The molecule has 0 aromatic carbocycles. The van der Waals surface area contributed by atoms with Crippen molar-refractivity contribution in [3.63, 3.8) is 0 Å². The van der Waals surface area contributed by atoms with E-state index in [1.807, 2.05) is 11.3 Å². The first kappa shape index (κ1) is 8.27. The summed E-state index contributed by atoms with van der Waals surface area (Å²) in [5.74, 6) is 0. The number of likely N-dealkylation sites (tertiary alicyclic amines) is 1. The molecule has 1 fully saturated rings. The Hall–Kier alpha value is -0.340. The fourth-order valence-electron chi connectivity index (χ4n) is 1.92. The van der Waals surface area contributed by atoms with Crippen LogP contribution < -0.4 is 0 Å². The Morgan fingerprint density at radius 3 is 3.08 bits per heavy atom. The molecular weight excluding hydrogens is 166 g/mol. The highest BCUT2D eigenvalue weighted by Crippen LogP contribution is 2.31. The molecule has 0 saturated carbocycles. The van der Waals surface area contributed by atoms with Crippen LogP contribution in [0.3, 0.4) is 0 Å². The lowest BCUT2D eigenvalue weighted by molar-refractivity contribution is 0.190. The van der Waals surface area contributed by atoms with Crippen molar-refractivity contribution in [1.82, 2.24) is 4.90 Å². The van der Waals surface area contributed by atoms with Crippen molar-refractivity contribution >= 4 is 11.3 Å². The maximum absolute atomic E-state index is 2.48. The Morgan fingerprint density at radius 2 is 2.42 bits per heavy atom. The van der Waals surface area contributed by atoms with Gasteiger partial charge in [-0.05, 0) is 37.9 Å². The minimum absolute atomic E-state index is 0.707. The van der Waals surface area contributed by atoms with Crippen molar-refractivity contribution in [2.24, 2.45) is 0 Å². The average molecular weight is 181 g/mol. The van der Waals surface area contributed by atoms with Gasteiger partial charge in [0.25, 0.3) is 0 Å². The van der Waals surface area contributed by atoms with Crippen molar-refractivity contribution in [3.8, 4) is 0 Å². The molecule has 66 valence electrons. The third-order valence-electron chi connectivity index (χ3n) is 2.64. The molecule has 0 bridgehead atoms. The summed E-state index contributed by atoms with van der Waals surface area (Å²) in [4.78, 5) is 4.02. The first-order valence-electron chi connectivity index (χ1n) is 4.61. The predicted molar refractivity (Wildman–Crippen MR) is 53.5 cm³/mol. The highest BCUT2D eigenvalue weighted by atomic mass is 32.1. The molecule has 1 aliphatic heterocycles. The van der Waals surface area contributed by atoms with Crippen LogP contribution in [-0.4, -0.2) is 18.5 Å². The summed E-state index contributed by atoms with van der Waals surface area (Å²) in [6.07, 6.45) is 4.11. The van der Waals surface area contributed by atoms with Gasteiger partial charge in [0.1, 0.15) is 0 Å². The van der Waals surface area contributed by atoms with E-state index in [9.17, 15) is 0 Å². The molecule has 0 aliphatic carbocycles. The molecule has 1 atom stereocenters. The van der Waals surface area contributed by atoms with E-state index < -0.39 is 0 Å². The molecule has 1 saturated heterocycles. The van der Waals surface area contributed by atoms with Gasteiger partial charge in [0.2, 0.25) is 0 Å². The normalized spacial score (nSPS) is 25.9. The third kappa shape index (κ3) is 1.54. The van der Waals surface area contributed by atoms with E-state index in [1.54, 1.807) is 0 Å². The Bertz CT molecular complexity index is 230. The van der Waals surface area contributed by atoms with Gasteiger partial charge in [-0.2, -0.15) is 0 Å². The predicted octanol–water partition coefficient (Wildman–Crippen LogP) is 2.90. The van der Waals surface area contributed by atoms with Crippen LogP contribution in [0.25, 0.3) is 0 Å². The molecule has 0 spiro atoms. The van der Waals surface area contributed by atoms with Gasteiger partial charge in [-0.25, -0.2) is 0 Å². The van der Waals surface area contributed by atoms with E-state index in [1.165, 1.54) is 30.7 Å². The van der Waals surface area contributed by atoms with E-state index in [2.05, 4.69) is 29.5 Å². The van der Waals surface area contributed by atoms with E-state index in [-0.39, 0.29) is 0 Å². The number of rotatable bonds is 1. The van der Waals surface area contributed by atoms with Crippen LogP contribution in [-0.2, 0) is 0 Å². The highest BCUT2D eigenvalue weighted by Gasteiger charge is 2.20. The van der Waals surface area contributed by atoms with E-state index in [0.29, 0.717) is 6.04 Å². The number of nitrogens with zero attached hydrogens (tertiary/aromatic N) is 1. The quantitative estimate of drug-likeness (QED) is 0.644. The first-order valence-corrected chi connectivity index (χ1v) is 5.49. The van der Waals surface area contributed by atoms with E-state index >= 15 is 0 Å². The minimum Gasteiger partial charge on any atom is -0.299 e. The lowest BCUT2D eigenvalue weighted by atomic mass is 10.0. The maximum Gasteiger partial charge on any atom is 0.0438 e. The summed E-state index contributed by atoms with van der Waals surface area (Å²) in [6.45, 7) is 1.27. The smallest absolute Gasteiger partial charge is 0.0438 e. The molecule has 0 amide bonds. The standard InChI is InChI=1S/C10H15NS/c1-11-7-3-2-5-9(11)10-6-4-8-12-10/h4,6,8-9H,2-3,5,7H2,1H3. The number of hydrogen-bond acceptors (Lipinski definition) is 2. The van der Waals surface area contributed by atoms with Gasteiger partial charge in [-0.15, -0.1) is 11.3 Å². The van der Waals surface area contributed by atoms with Gasteiger partial charge < -0.3 is 0 Å². The molecule has 12 heavy (non-hydrogen) atoms. The molecule has 0 radical (unpaired) electrons. The SMILES string of the molecule is CN1CCCCC1c1cccs1. The minimum atomic E-state index is 0.707. The second-order valence-corrected chi connectivity index (χ2v) is 4.49. The largest absolute Gasteiger partial charge is 0.299 e. The lowest BCUT2D eigenvalue weighted by Gasteiger charge is -2.31. The summed E-state index contributed by atoms with van der Waals surface area (Å²) in [5, 5.41) is 2.18. The van der Waals surface area contributed by atoms with Crippen molar-refractivity contribution in [2.75, 3.05) is 13.6 Å². The zero-order valence-corrected chi connectivity index (χ0v) is 8.31. The Morgan fingerprint density at radius 1 is 1.50 bits per heavy atom. The average Bonchev–Trinajstić information content (AvgIpc) is 2.57. The highest BCUT2D eigenvalue weighted by molar-refractivity contribution is 7.10. The lowest BCUT2D eigenvalue weighted by Crippen LogP contribution is -2.28. The summed E-state index contributed by atoms with van der Waals surface area (Å²) < 4.78 is 0. The van der Waals surface area contributed by atoms with Gasteiger partial charge in [-0.3, -0.25) is 4.90 Å². The summed E-state index contributed by atoms with van der Waals surface area (Å²) >= 11 is 1.89. The van der Waals surface area contributed by atoms with Crippen LogP contribution in [0, 0.1) is 0 Å². The van der Waals surface area contributed by atoms with Crippen molar-refractivity contribution in [2.45, 2.75) is 25.3 Å². The Balaban J connectivity index is 2.11. The molecule has 1 aromatic heterocycles. The zero-order chi connectivity index (χ0) is 8.39. The maximum atomic E-state index is 2.48. The van der Waals surface area contributed by atoms with Crippen LogP contribution in [0.15, 0.2) is 17.5 Å². The molecule has 0 N–H and O–H groups in total. The van der Waals surface area contributed by atoms with Crippen LogP contribution in [0.2, 0.25) is 0 Å². The van der Waals surface area contributed by atoms with E-state index in [0.717, 1.165) is 0 Å². The summed E-state index contributed by atoms with van der Waals surface area (Å²) in [5.41, 5.74) is 0. The molecule has 2 heteroatoms. The monoisotopic (exact) mass is 181 g/mol. The molecule has 2 rings (SSSR count). The summed E-state index contributed by atoms with van der Waals surface area (Å²) in [7, 11) is 2.24. The second kappa shape index (κ2) is 3.58. The zero-order valence-electron chi connectivity index (χ0n) is 7.49. The number of hydrogen-bond donors (Lipinski definition) is 0. The van der Waals surface area contributed by atoms with Crippen molar-refractivity contribution < 1.29 is 0 Å². The van der Waals surface area contributed by atoms with Gasteiger partial charge in [0.05, 0.1) is 0 Å². The first-order chi connectivity index (χ1) is 5.88. The van der Waals surface area contributed by atoms with Crippen LogP contribution >= 0.6 is 11.3 Å². The molecule has 1 aliphatic rings. The number of piperidine rings is 1. The van der Waals surface area contributed by atoms with Crippen molar-refractivity contribution in [1.29, 1.82) is 0 Å². The molecular formula is C10H15NS. The van der Waals surface area contributed by atoms with Gasteiger partial charge in [0.15, 0.2) is 0 Å². The molecule has 1 unspecified atom stereocenters. The Labute approximate surface area is 78.0 Å². The molecule has 2 heterocycles. The van der Waals surface area contributed by atoms with Crippen molar-refractivity contribution in [3.05, 3.63) is 22.4 Å². The van der Waals surface area contributed by atoms with Crippen LogP contribution in [0.4, 0.5) is 0 Å². The number of thiophene rings is 1. The van der Waals surface area contributed by atoms with Gasteiger partial charge in [0, 0.05) is 10.9 Å². The second-order valence-electron chi connectivity index (χ2n) is 3.51. The van der Waals surface area contributed by atoms with Crippen LogP contribution in [0.5, 0.6) is 0 Å². The summed E-state index contributed by atoms with van der Waals surface area (Å²) in [6, 6.07) is 5.12. The van der Waals surface area contributed by atoms with E-state index in [4.69, 9.17) is 0 Å². The fourth-order valence-corrected chi connectivity index (χ4v) is 2.84. The Kier molecular flexibility index (Phi) is 2.47. The topological polar surface area (TPSA) is 3.24 Å². The molecule has 1 aromatic rings. The van der Waals surface area contributed by atoms with Gasteiger partial charge >= 0.3 is 0 Å².